The van der Waals surface area contributed by atoms with Crippen LogP contribution < -0.4 is 0 Å². The third kappa shape index (κ3) is 0.480. The lowest BCUT2D eigenvalue weighted by Crippen LogP contribution is -1.93. The average molecular weight is 78.9 g/mol. The Bertz CT molecular complexity index is 105. The fourth-order valence-corrected chi connectivity index (χ4v) is 0.299. The van der Waals surface area contributed by atoms with Crippen molar-refractivity contribution < 1.29 is 0 Å². The minimum Gasteiger partial charge on any atom is -0.331 e. The molecule has 0 aromatic heterocycles. The maximum Gasteiger partial charge on any atom is 0.330 e. The van der Waals surface area contributed by atoms with E-state index in [0.29, 0.717) is 0 Å². The van der Waals surface area contributed by atoms with Crippen LogP contribution >= 0.6 is 0 Å². The Labute approximate surface area is 37.3 Å². The van der Waals surface area contributed by atoms with Crippen LogP contribution in [0.3, 0.4) is 0 Å². The van der Waals surface area contributed by atoms with Crippen molar-refractivity contribution in [2.75, 3.05) is 0 Å². The van der Waals surface area contributed by atoms with Gasteiger partial charge in [-0.2, -0.15) is 0 Å². The summed E-state index contributed by atoms with van der Waals surface area (Å²) in [7, 11) is 1.72. The van der Waals surface area contributed by atoms with Crippen LogP contribution in [-0.4, -0.2) is 19.4 Å². The fourth-order valence-electron chi connectivity index (χ4n) is 0.299. The number of aliphatic imine (C=N–C) groups is 1. The zero-order valence-corrected chi connectivity index (χ0v) is 3.55. The van der Waals surface area contributed by atoms with Crippen LogP contribution in [0.25, 0.3) is 0 Å². The van der Waals surface area contributed by atoms with Gasteiger partial charge in [-0.1, -0.05) is 0 Å². The smallest absolute Gasteiger partial charge is 0.330 e. The van der Waals surface area contributed by atoms with Crippen LogP contribution in [0.4, 0.5) is 0 Å². The van der Waals surface area contributed by atoms with Gasteiger partial charge in [0.2, 0.25) is 0 Å². The van der Waals surface area contributed by atoms with Crippen molar-refractivity contribution in [2.24, 2.45) is 9.90 Å². The van der Waals surface area contributed by atoms with Crippen LogP contribution in [0.2, 0.25) is 0 Å². The van der Waals surface area contributed by atoms with Gasteiger partial charge < -0.3 is 4.90 Å². The topological polar surface area (TPSA) is 24.7 Å². The number of rotatable bonds is 0. The quantitative estimate of drug-likeness (QED) is 0.367. The van der Waals surface area contributed by atoms with Crippen molar-refractivity contribution in [1.82, 2.24) is 0 Å². The molecule has 0 spiro atoms. The molecule has 3 heteroatoms. The van der Waals surface area contributed by atoms with E-state index in [-0.39, 0.29) is 0 Å². The summed E-state index contributed by atoms with van der Waals surface area (Å²) in [5.74, 6) is 0. The molecule has 0 amide bonds. The van der Waals surface area contributed by atoms with E-state index in [4.69, 9.17) is 0 Å². The Balaban J connectivity index is 2.61. The Kier molecular flexibility index (Phi) is 0.745. The van der Waals surface area contributed by atoms with Gasteiger partial charge in [-0.05, 0) is 6.92 Å². The summed E-state index contributed by atoms with van der Waals surface area (Å²) in [5, 5.41) is 0. The molecule has 2 nitrogen and oxygen atoms in total. The normalized spacial score (nSPS) is 17.2. The SMILES string of the molecule is CC1=NC=N[B]1. The first-order valence-electron chi connectivity index (χ1n) is 1.79. The van der Waals surface area contributed by atoms with Gasteiger partial charge in [-0.15, -0.1) is 0 Å². The molecule has 0 saturated heterocycles. The lowest BCUT2D eigenvalue weighted by Gasteiger charge is -1.71. The van der Waals surface area contributed by atoms with Crippen molar-refractivity contribution in [3.63, 3.8) is 0 Å². The second-order valence-corrected chi connectivity index (χ2v) is 1.16. The molecule has 1 radical (unpaired) electrons. The van der Waals surface area contributed by atoms with E-state index in [1.165, 1.54) is 6.34 Å². The van der Waals surface area contributed by atoms with Crippen LogP contribution in [0.15, 0.2) is 9.90 Å². The first kappa shape index (κ1) is 3.59. The molecule has 0 aromatic rings. The molecule has 0 unspecified atom stereocenters. The molecule has 0 aliphatic carbocycles. The van der Waals surface area contributed by atoms with E-state index in [1.54, 1.807) is 7.41 Å². The molecule has 1 aliphatic heterocycles. The minimum atomic E-state index is 0.981. The summed E-state index contributed by atoms with van der Waals surface area (Å²) in [6, 6.07) is 0. The zero-order valence-electron chi connectivity index (χ0n) is 3.55. The van der Waals surface area contributed by atoms with Gasteiger partial charge in [0.25, 0.3) is 0 Å². The Morgan fingerprint density at radius 1 is 1.83 bits per heavy atom. The van der Waals surface area contributed by atoms with Gasteiger partial charge in [-0.3, -0.25) is 4.99 Å². The molecule has 0 bridgehead atoms. The summed E-state index contributed by atoms with van der Waals surface area (Å²) in [4.78, 5) is 7.52. The van der Waals surface area contributed by atoms with Gasteiger partial charge in [0.05, 0.1) is 6.34 Å². The Hall–Kier alpha value is -0.595. The van der Waals surface area contributed by atoms with Crippen molar-refractivity contribution in [1.29, 1.82) is 0 Å². The molecule has 0 fully saturated rings. The highest BCUT2D eigenvalue weighted by molar-refractivity contribution is 6.76. The second kappa shape index (κ2) is 1.24. The standard InChI is InChI=1S/C3H4BN2/c1-3-4-6-2-5-3/h2H,1H3. The van der Waals surface area contributed by atoms with E-state index in [0.717, 1.165) is 5.61 Å². The van der Waals surface area contributed by atoms with Crippen LogP contribution in [-0.2, 0) is 0 Å². The summed E-state index contributed by atoms with van der Waals surface area (Å²) < 4.78 is 0. The molecule has 29 valence electrons. The summed E-state index contributed by atoms with van der Waals surface area (Å²) in [6.45, 7) is 1.91. The molecule has 0 atom stereocenters. The monoisotopic (exact) mass is 79.0 g/mol. The van der Waals surface area contributed by atoms with Gasteiger partial charge in [0, 0.05) is 5.61 Å². The first-order valence-corrected chi connectivity index (χ1v) is 1.79. The maximum atomic E-state index is 3.81. The van der Waals surface area contributed by atoms with Crippen LogP contribution in [0.1, 0.15) is 6.92 Å². The highest BCUT2D eigenvalue weighted by Gasteiger charge is 1.93. The van der Waals surface area contributed by atoms with E-state index < -0.39 is 0 Å². The Morgan fingerprint density at radius 3 is 2.83 bits per heavy atom. The largest absolute Gasteiger partial charge is 0.331 e. The maximum absolute atomic E-state index is 3.81. The van der Waals surface area contributed by atoms with E-state index >= 15 is 0 Å². The predicted molar refractivity (Wildman–Crippen MR) is 27.4 cm³/mol. The molecule has 0 N–H and O–H groups in total. The molecule has 6 heavy (non-hydrogen) atoms. The fraction of sp³-hybridized carbons (Fsp3) is 0.333. The van der Waals surface area contributed by atoms with E-state index in [1.807, 2.05) is 6.92 Å². The van der Waals surface area contributed by atoms with Gasteiger partial charge in [-0.25, -0.2) is 0 Å². The zero-order chi connectivity index (χ0) is 4.41. The molecule has 1 aliphatic rings. The lowest BCUT2D eigenvalue weighted by molar-refractivity contribution is 1.76. The average Bonchev–Trinajstić information content (AvgIpc) is 1.86. The number of nitrogens with zero attached hydrogens (tertiary/aromatic N) is 2. The van der Waals surface area contributed by atoms with Crippen molar-refractivity contribution in [3.05, 3.63) is 0 Å². The van der Waals surface area contributed by atoms with Crippen molar-refractivity contribution >= 4 is 19.4 Å². The number of hydrogen-bond donors (Lipinski definition) is 0. The number of hydrogen-bond acceptors (Lipinski definition) is 2. The molecule has 1 rings (SSSR count). The van der Waals surface area contributed by atoms with Crippen LogP contribution in [0.5, 0.6) is 0 Å². The molecular formula is C3H4BN2. The third-order valence-corrected chi connectivity index (χ3v) is 0.589. The van der Waals surface area contributed by atoms with E-state index in [9.17, 15) is 0 Å². The lowest BCUT2D eigenvalue weighted by atomic mass is 9.90. The summed E-state index contributed by atoms with van der Waals surface area (Å²) in [5.41, 5.74) is 0.981. The summed E-state index contributed by atoms with van der Waals surface area (Å²) >= 11 is 0. The van der Waals surface area contributed by atoms with Gasteiger partial charge in [0.1, 0.15) is 0 Å². The molecule has 0 aromatic carbocycles. The first-order chi connectivity index (χ1) is 2.89. The van der Waals surface area contributed by atoms with Crippen molar-refractivity contribution in [2.45, 2.75) is 6.92 Å². The molecular weight excluding hydrogens is 74.9 g/mol. The van der Waals surface area contributed by atoms with E-state index in [2.05, 4.69) is 9.90 Å². The molecule has 0 saturated carbocycles. The van der Waals surface area contributed by atoms with Crippen molar-refractivity contribution in [3.8, 4) is 0 Å². The summed E-state index contributed by atoms with van der Waals surface area (Å²) in [6.07, 6.45) is 1.54. The Morgan fingerprint density at radius 2 is 2.67 bits per heavy atom. The minimum absolute atomic E-state index is 0.981. The highest BCUT2D eigenvalue weighted by Crippen LogP contribution is 1.80. The third-order valence-electron chi connectivity index (χ3n) is 0.589. The van der Waals surface area contributed by atoms with Crippen LogP contribution in [0, 0.1) is 0 Å². The highest BCUT2D eigenvalue weighted by atomic mass is 14.9. The second-order valence-electron chi connectivity index (χ2n) is 1.16. The predicted octanol–water partition coefficient (Wildman–Crippen LogP) is 0.0659. The van der Waals surface area contributed by atoms with Gasteiger partial charge >= 0.3 is 7.41 Å². The molecule has 1 heterocycles. The van der Waals surface area contributed by atoms with Gasteiger partial charge in [0.15, 0.2) is 0 Å².